The van der Waals surface area contributed by atoms with E-state index in [1.807, 2.05) is 0 Å². The smallest absolute Gasteiger partial charge is 0.335 e. The number of methoxy groups -OCH3 is 1. The second kappa shape index (κ2) is 3.46. The zero-order valence-corrected chi connectivity index (χ0v) is 9.82. The van der Waals surface area contributed by atoms with Crippen molar-refractivity contribution in [2.45, 2.75) is 44.6 Å². The van der Waals surface area contributed by atoms with E-state index in [1.165, 1.54) is 26.4 Å². The van der Waals surface area contributed by atoms with Crippen LogP contribution in [0.2, 0.25) is 0 Å². The Labute approximate surface area is 96.2 Å². The lowest BCUT2D eigenvalue weighted by molar-refractivity contribution is -0.173. The fourth-order valence-corrected chi connectivity index (χ4v) is 4.87. The molecule has 4 rings (SSSR count). The van der Waals surface area contributed by atoms with Crippen molar-refractivity contribution in [2.24, 2.45) is 23.2 Å². The second-order valence-electron chi connectivity index (χ2n) is 6.21. The molecule has 1 N–H and O–H groups in total. The molecule has 0 aromatic rings. The Hall–Kier alpha value is -0.570. The monoisotopic (exact) mass is 224 g/mol. The van der Waals surface area contributed by atoms with Gasteiger partial charge in [-0.25, -0.2) is 4.79 Å². The SMILES string of the molecule is COC(=O)[C@H](O)C12CC3CC(CC(C3)C1)C2. The highest BCUT2D eigenvalue weighted by Crippen LogP contribution is 2.61. The van der Waals surface area contributed by atoms with Crippen LogP contribution in [0.25, 0.3) is 0 Å². The highest BCUT2D eigenvalue weighted by Gasteiger charge is 2.55. The van der Waals surface area contributed by atoms with Gasteiger partial charge in [0.15, 0.2) is 6.10 Å². The van der Waals surface area contributed by atoms with Gasteiger partial charge in [-0.15, -0.1) is 0 Å². The summed E-state index contributed by atoms with van der Waals surface area (Å²) in [5.74, 6) is 1.84. The molecule has 4 aliphatic carbocycles. The summed E-state index contributed by atoms with van der Waals surface area (Å²) in [4.78, 5) is 11.6. The van der Waals surface area contributed by atoms with Gasteiger partial charge in [0, 0.05) is 5.41 Å². The van der Waals surface area contributed by atoms with Gasteiger partial charge >= 0.3 is 5.97 Å². The average molecular weight is 224 g/mol. The van der Waals surface area contributed by atoms with Crippen LogP contribution in [0.5, 0.6) is 0 Å². The summed E-state index contributed by atoms with van der Waals surface area (Å²) in [6.45, 7) is 0. The standard InChI is InChI=1S/C13H20O3/c1-16-12(15)11(14)13-5-8-2-9(6-13)4-10(3-8)7-13/h8-11,14H,2-7H2,1H3/t8?,9?,10?,11-,13?/m0/s1. The molecule has 0 aromatic heterocycles. The number of aliphatic hydroxyl groups excluding tert-OH is 1. The van der Waals surface area contributed by atoms with Crippen LogP contribution >= 0.6 is 0 Å². The first-order valence-electron chi connectivity index (χ1n) is 6.39. The highest BCUT2D eigenvalue weighted by molar-refractivity contribution is 5.75. The van der Waals surface area contributed by atoms with E-state index >= 15 is 0 Å². The summed E-state index contributed by atoms with van der Waals surface area (Å²) < 4.78 is 4.71. The molecule has 0 aromatic carbocycles. The summed E-state index contributed by atoms with van der Waals surface area (Å²) in [5.41, 5.74) is -0.137. The minimum atomic E-state index is -0.883. The van der Waals surface area contributed by atoms with Crippen LogP contribution in [-0.4, -0.2) is 24.3 Å². The molecule has 16 heavy (non-hydrogen) atoms. The van der Waals surface area contributed by atoms with E-state index in [0.717, 1.165) is 37.0 Å². The van der Waals surface area contributed by atoms with E-state index in [-0.39, 0.29) is 5.41 Å². The predicted octanol–water partition coefficient (Wildman–Crippen LogP) is 1.74. The van der Waals surface area contributed by atoms with Crippen LogP contribution in [0, 0.1) is 23.2 Å². The fourth-order valence-electron chi connectivity index (χ4n) is 4.87. The Morgan fingerprint density at radius 2 is 1.62 bits per heavy atom. The molecular weight excluding hydrogens is 204 g/mol. The Balaban J connectivity index is 1.85. The second-order valence-corrected chi connectivity index (χ2v) is 6.21. The first-order valence-corrected chi connectivity index (χ1v) is 6.39. The van der Waals surface area contributed by atoms with Gasteiger partial charge in [0.1, 0.15) is 0 Å². The van der Waals surface area contributed by atoms with Crippen molar-refractivity contribution in [3.63, 3.8) is 0 Å². The summed E-state index contributed by atoms with van der Waals surface area (Å²) in [6, 6.07) is 0. The number of hydrogen-bond donors (Lipinski definition) is 1. The maximum Gasteiger partial charge on any atom is 0.335 e. The van der Waals surface area contributed by atoms with Gasteiger partial charge in [0.2, 0.25) is 0 Å². The summed E-state index contributed by atoms with van der Waals surface area (Å²) in [5, 5.41) is 10.2. The van der Waals surface area contributed by atoms with Crippen LogP contribution in [0.3, 0.4) is 0 Å². The van der Waals surface area contributed by atoms with Crippen molar-refractivity contribution in [3.05, 3.63) is 0 Å². The minimum Gasteiger partial charge on any atom is -0.467 e. The lowest BCUT2D eigenvalue weighted by atomic mass is 9.48. The van der Waals surface area contributed by atoms with Crippen molar-refractivity contribution < 1.29 is 14.6 Å². The molecule has 0 spiro atoms. The van der Waals surface area contributed by atoms with Crippen LogP contribution in [0.1, 0.15) is 38.5 Å². The van der Waals surface area contributed by atoms with E-state index in [0.29, 0.717) is 0 Å². The van der Waals surface area contributed by atoms with Crippen LogP contribution in [-0.2, 0) is 9.53 Å². The molecule has 4 fully saturated rings. The van der Waals surface area contributed by atoms with Crippen molar-refractivity contribution in [1.29, 1.82) is 0 Å². The van der Waals surface area contributed by atoms with E-state index in [4.69, 9.17) is 4.74 Å². The third kappa shape index (κ3) is 1.41. The van der Waals surface area contributed by atoms with Gasteiger partial charge in [0.25, 0.3) is 0 Å². The molecule has 4 aliphatic rings. The van der Waals surface area contributed by atoms with E-state index < -0.39 is 12.1 Å². The summed E-state index contributed by atoms with van der Waals surface area (Å²) in [7, 11) is 1.37. The van der Waals surface area contributed by atoms with Gasteiger partial charge in [-0.1, -0.05) is 0 Å². The lowest BCUT2D eigenvalue weighted by Gasteiger charge is -2.57. The molecular formula is C13H20O3. The number of carbonyl (C=O) groups is 1. The van der Waals surface area contributed by atoms with Crippen molar-refractivity contribution >= 4 is 5.97 Å². The van der Waals surface area contributed by atoms with Gasteiger partial charge in [-0.05, 0) is 56.3 Å². The largest absolute Gasteiger partial charge is 0.467 e. The third-order valence-corrected chi connectivity index (χ3v) is 5.09. The maximum atomic E-state index is 11.6. The first kappa shape index (κ1) is 10.6. The molecule has 4 saturated carbocycles. The minimum absolute atomic E-state index is 0.137. The molecule has 3 nitrogen and oxygen atoms in total. The summed E-state index contributed by atoms with van der Waals surface area (Å²) >= 11 is 0. The normalized spacial score (nSPS) is 46.8. The summed E-state index contributed by atoms with van der Waals surface area (Å²) in [6.07, 6.45) is 6.21. The number of rotatable bonds is 2. The molecule has 1 atom stereocenters. The van der Waals surface area contributed by atoms with Crippen LogP contribution < -0.4 is 0 Å². The molecule has 0 aliphatic heterocycles. The molecule has 4 bridgehead atoms. The van der Waals surface area contributed by atoms with E-state index in [9.17, 15) is 9.90 Å². The van der Waals surface area contributed by atoms with Gasteiger partial charge in [-0.3, -0.25) is 0 Å². The quantitative estimate of drug-likeness (QED) is 0.727. The molecule has 90 valence electrons. The molecule has 0 radical (unpaired) electrons. The molecule has 0 saturated heterocycles. The fraction of sp³-hybridized carbons (Fsp3) is 0.923. The Kier molecular flexibility index (Phi) is 2.29. The Bertz CT molecular complexity index is 275. The van der Waals surface area contributed by atoms with Gasteiger partial charge in [0.05, 0.1) is 7.11 Å². The Morgan fingerprint density at radius 3 is 2.00 bits per heavy atom. The first-order chi connectivity index (χ1) is 7.63. The van der Waals surface area contributed by atoms with Gasteiger partial charge in [-0.2, -0.15) is 0 Å². The molecule has 0 amide bonds. The average Bonchev–Trinajstić information content (AvgIpc) is 2.25. The highest BCUT2D eigenvalue weighted by atomic mass is 16.5. The Morgan fingerprint density at radius 1 is 1.19 bits per heavy atom. The lowest BCUT2D eigenvalue weighted by Crippen LogP contribution is -2.54. The maximum absolute atomic E-state index is 11.6. The van der Waals surface area contributed by atoms with Crippen molar-refractivity contribution in [2.75, 3.05) is 7.11 Å². The molecule has 0 heterocycles. The number of esters is 1. The van der Waals surface area contributed by atoms with Crippen LogP contribution in [0.4, 0.5) is 0 Å². The van der Waals surface area contributed by atoms with Crippen molar-refractivity contribution in [1.82, 2.24) is 0 Å². The van der Waals surface area contributed by atoms with Gasteiger partial charge < -0.3 is 9.84 Å². The van der Waals surface area contributed by atoms with Crippen molar-refractivity contribution in [3.8, 4) is 0 Å². The number of carbonyl (C=O) groups excluding carboxylic acids is 1. The molecule has 3 heteroatoms. The van der Waals surface area contributed by atoms with Crippen LogP contribution in [0.15, 0.2) is 0 Å². The van der Waals surface area contributed by atoms with E-state index in [2.05, 4.69) is 0 Å². The third-order valence-electron chi connectivity index (χ3n) is 5.09. The zero-order valence-electron chi connectivity index (χ0n) is 9.82. The number of hydrogen-bond acceptors (Lipinski definition) is 3. The number of ether oxygens (including phenoxy) is 1. The number of aliphatic hydroxyl groups is 1. The van der Waals surface area contributed by atoms with E-state index in [1.54, 1.807) is 0 Å². The zero-order chi connectivity index (χ0) is 11.3. The predicted molar refractivity (Wildman–Crippen MR) is 58.6 cm³/mol. The topological polar surface area (TPSA) is 46.5 Å². The molecule has 0 unspecified atom stereocenters.